The van der Waals surface area contributed by atoms with Gasteiger partial charge in [-0.2, -0.15) is 11.8 Å². The molecule has 1 spiro atoms. The molecule has 0 unspecified atom stereocenters. The van der Waals surface area contributed by atoms with Crippen molar-refractivity contribution in [1.82, 2.24) is 14.7 Å². The molecule has 0 atom stereocenters. The fourth-order valence-electron chi connectivity index (χ4n) is 4.95. The van der Waals surface area contributed by atoms with Crippen molar-refractivity contribution in [2.45, 2.75) is 37.8 Å². The minimum atomic E-state index is -0.698. The summed E-state index contributed by atoms with van der Waals surface area (Å²) in [7, 11) is 0. The molecule has 2 aromatic carbocycles. The fraction of sp³-hybridized carbons (Fsp3) is 0.462. The van der Waals surface area contributed by atoms with Gasteiger partial charge in [-0.25, -0.2) is 4.79 Å². The van der Waals surface area contributed by atoms with Crippen molar-refractivity contribution in [3.8, 4) is 0 Å². The van der Waals surface area contributed by atoms with Gasteiger partial charge in [-0.15, -0.1) is 0 Å². The Labute approximate surface area is 195 Å². The van der Waals surface area contributed by atoms with E-state index in [1.807, 2.05) is 65.2 Å². The van der Waals surface area contributed by atoms with Crippen molar-refractivity contribution in [3.05, 3.63) is 71.8 Å². The number of piperidine rings is 1. The van der Waals surface area contributed by atoms with E-state index in [1.54, 1.807) is 0 Å². The van der Waals surface area contributed by atoms with E-state index in [4.69, 9.17) is 0 Å². The van der Waals surface area contributed by atoms with Crippen LogP contribution in [0.3, 0.4) is 0 Å². The lowest BCUT2D eigenvalue weighted by atomic mass is 9.85. The molecule has 2 heterocycles. The van der Waals surface area contributed by atoms with Gasteiger partial charge in [0.25, 0.3) is 5.91 Å². The third-order valence-corrected chi connectivity index (χ3v) is 7.48. The first-order valence-electron chi connectivity index (χ1n) is 11.6. The molecule has 0 aliphatic carbocycles. The summed E-state index contributed by atoms with van der Waals surface area (Å²) < 4.78 is 0. The number of amides is 3. The lowest BCUT2D eigenvalue weighted by molar-refractivity contribution is -0.136. The monoisotopic (exact) mass is 451 g/mol. The predicted octanol–water partition coefficient (Wildman–Crippen LogP) is 4.28. The van der Waals surface area contributed by atoms with Crippen LogP contribution in [0.5, 0.6) is 0 Å². The van der Waals surface area contributed by atoms with Crippen LogP contribution in [-0.2, 0) is 17.8 Å². The molecule has 5 nitrogen and oxygen atoms in total. The number of rotatable bonds is 9. The molecule has 32 heavy (non-hydrogen) atoms. The zero-order valence-corrected chi connectivity index (χ0v) is 19.7. The summed E-state index contributed by atoms with van der Waals surface area (Å²) in [6.45, 7) is 3.73. The summed E-state index contributed by atoms with van der Waals surface area (Å²) in [5.41, 5.74) is 1.49. The third kappa shape index (κ3) is 4.86. The molecule has 2 saturated heterocycles. The van der Waals surface area contributed by atoms with E-state index in [0.29, 0.717) is 13.1 Å². The summed E-state index contributed by atoms with van der Waals surface area (Å²) in [6.07, 6.45) is 5.50. The lowest BCUT2D eigenvalue weighted by Gasteiger charge is -2.42. The molecule has 4 rings (SSSR count). The van der Waals surface area contributed by atoms with Crippen molar-refractivity contribution >= 4 is 23.7 Å². The van der Waals surface area contributed by atoms with Gasteiger partial charge in [-0.05, 0) is 55.4 Å². The highest BCUT2D eigenvalue weighted by molar-refractivity contribution is 7.98. The van der Waals surface area contributed by atoms with Gasteiger partial charge < -0.3 is 9.80 Å². The van der Waals surface area contributed by atoms with Crippen LogP contribution in [0.15, 0.2) is 60.7 Å². The molecule has 0 bridgehead atoms. The maximum Gasteiger partial charge on any atom is 0.328 e. The highest BCUT2D eigenvalue weighted by atomic mass is 32.2. The minimum absolute atomic E-state index is 0.0109. The number of likely N-dealkylation sites (tertiary alicyclic amines) is 1. The summed E-state index contributed by atoms with van der Waals surface area (Å²) in [5.74, 6) is 1.15. The van der Waals surface area contributed by atoms with Crippen molar-refractivity contribution in [2.24, 2.45) is 0 Å². The maximum atomic E-state index is 13.7. The Balaban J connectivity index is 1.52. The Morgan fingerprint density at radius 1 is 0.875 bits per heavy atom. The van der Waals surface area contributed by atoms with Crippen molar-refractivity contribution in [3.63, 3.8) is 0 Å². The minimum Gasteiger partial charge on any atom is -0.309 e. The number of urea groups is 1. The molecular formula is C26H33N3O2S. The van der Waals surface area contributed by atoms with Gasteiger partial charge in [0, 0.05) is 19.6 Å². The van der Waals surface area contributed by atoms with Gasteiger partial charge in [-0.3, -0.25) is 9.69 Å². The first-order chi connectivity index (χ1) is 15.6. The molecule has 2 aromatic rings. The SMILES string of the molecule is CSCCCN1CCC2(CC1)C(=O)N(Cc1ccccc1)C(=O)N2CCc1ccccc1. The smallest absolute Gasteiger partial charge is 0.309 e. The van der Waals surface area contributed by atoms with E-state index in [0.717, 1.165) is 50.2 Å². The van der Waals surface area contributed by atoms with Crippen LogP contribution in [0, 0.1) is 0 Å². The van der Waals surface area contributed by atoms with Gasteiger partial charge in [0.2, 0.25) is 0 Å². The maximum absolute atomic E-state index is 13.7. The second-order valence-corrected chi connectivity index (χ2v) is 9.75. The molecular weight excluding hydrogens is 418 g/mol. The predicted molar refractivity (Wildman–Crippen MR) is 131 cm³/mol. The highest BCUT2D eigenvalue weighted by Crippen LogP contribution is 2.38. The second kappa shape index (κ2) is 10.5. The first-order valence-corrected chi connectivity index (χ1v) is 13.0. The molecule has 2 aliphatic rings. The van der Waals surface area contributed by atoms with Crippen LogP contribution in [0.25, 0.3) is 0 Å². The Bertz CT molecular complexity index is 898. The van der Waals surface area contributed by atoms with E-state index in [-0.39, 0.29) is 11.9 Å². The molecule has 0 N–H and O–H groups in total. The first kappa shape index (κ1) is 22.9. The molecule has 0 saturated carbocycles. The van der Waals surface area contributed by atoms with Gasteiger partial charge in [0.05, 0.1) is 6.54 Å². The summed E-state index contributed by atoms with van der Waals surface area (Å²) in [6, 6.07) is 19.9. The van der Waals surface area contributed by atoms with Gasteiger partial charge in [-0.1, -0.05) is 60.7 Å². The Kier molecular flexibility index (Phi) is 7.53. The average molecular weight is 452 g/mol. The van der Waals surface area contributed by atoms with Crippen LogP contribution in [0.1, 0.15) is 30.4 Å². The summed E-state index contributed by atoms with van der Waals surface area (Å²) in [5, 5.41) is 0. The van der Waals surface area contributed by atoms with E-state index in [9.17, 15) is 9.59 Å². The summed E-state index contributed by atoms with van der Waals surface area (Å²) >= 11 is 1.88. The molecule has 0 aromatic heterocycles. The van der Waals surface area contributed by atoms with Crippen molar-refractivity contribution < 1.29 is 9.59 Å². The zero-order chi connectivity index (χ0) is 22.4. The molecule has 2 aliphatic heterocycles. The molecule has 170 valence electrons. The van der Waals surface area contributed by atoms with E-state index in [1.165, 1.54) is 16.9 Å². The number of carbonyl (C=O) groups is 2. The normalized spacial score (nSPS) is 18.7. The average Bonchev–Trinajstić information content (AvgIpc) is 3.01. The van der Waals surface area contributed by atoms with Gasteiger partial charge in [0.1, 0.15) is 5.54 Å². The topological polar surface area (TPSA) is 43.9 Å². The largest absolute Gasteiger partial charge is 0.328 e. The quantitative estimate of drug-likeness (QED) is 0.422. The van der Waals surface area contributed by atoms with Crippen molar-refractivity contribution in [1.29, 1.82) is 0 Å². The second-order valence-electron chi connectivity index (χ2n) is 8.77. The van der Waals surface area contributed by atoms with E-state index in [2.05, 4.69) is 23.3 Å². The number of hydrogen-bond acceptors (Lipinski definition) is 4. The van der Waals surface area contributed by atoms with Gasteiger partial charge in [0.15, 0.2) is 0 Å². The number of thioether (sulfide) groups is 1. The summed E-state index contributed by atoms with van der Waals surface area (Å²) in [4.78, 5) is 33.1. The number of hydrogen-bond donors (Lipinski definition) is 0. The third-order valence-electron chi connectivity index (χ3n) is 6.78. The fourth-order valence-corrected chi connectivity index (χ4v) is 5.36. The Hall–Kier alpha value is -2.31. The van der Waals surface area contributed by atoms with Crippen LogP contribution in [0.2, 0.25) is 0 Å². The van der Waals surface area contributed by atoms with E-state index < -0.39 is 5.54 Å². The van der Waals surface area contributed by atoms with Gasteiger partial charge >= 0.3 is 6.03 Å². The van der Waals surface area contributed by atoms with Crippen LogP contribution in [-0.4, -0.2) is 70.4 Å². The standard InChI is InChI=1S/C26H33N3O2S/c1-32-20-8-16-27-18-14-26(15-19-27)24(30)28(21-23-11-6-3-7-12-23)25(31)29(26)17-13-22-9-4-2-5-10-22/h2-7,9-12H,8,13-21H2,1H3. The van der Waals surface area contributed by atoms with Crippen LogP contribution >= 0.6 is 11.8 Å². The lowest BCUT2D eigenvalue weighted by Crippen LogP contribution is -2.57. The zero-order valence-electron chi connectivity index (χ0n) is 18.9. The Morgan fingerprint density at radius 3 is 2.12 bits per heavy atom. The van der Waals surface area contributed by atoms with E-state index >= 15 is 0 Å². The molecule has 3 amide bonds. The number of benzene rings is 2. The Morgan fingerprint density at radius 2 is 1.50 bits per heavy atom. The molecule has 0 radical (unpaired) electrons. The van der Waals surface area contributed by atoms with Crippen LogP contribution < -0.4 is 0 Å². The number of carbonyl (C=O) groups excluding carboxylic acids is 2. The van der Waals surface area contributed by atoms with Crippen LogP contribution in [0.4, 0.5) is 4.79 Å². The van der Waals surface area contributed by atoms with Crippen molar-refractivity contribution in [2.75, 3.05) is 38.2 Å². The number of nitrogens with zero attached hydrogens (tertiary/aromatic N) is 3. The molecule has 6 heteroatoms. The highest BCUT2D eigenvalue weighted by Gasteiger charge is 2.57. The molecule has 2 fully saturated rings. The number of imide groups is 1.